The van der Waals surface area contributed by atoms with Gasteiger partial charge in [0.1, 0.15) is 11.3 Å². The van der Waals surface area contributed by atoms with Crippen molar-refractivity contribution in [2.45, 2.75) is 0 Å². The van der Waals surface area contributed by atoms with Crippen molar-refractivity contribution in [3.05, 3.63) is 78.8 Å². The van der Waals surface area contributed by atoms with Crippen LogP contribution in [-0.2, 0) is 9.53 Å². The summed E-state index contributed by atoms with van der Waals surface area (Å²) in [4.78, 5) is 28.4. The van der Waals surface area contributed by atoms with Crippen molar-refractivity contribution in [3.8, 4) is 11.4 Å². The van der Waals surface area contributed by atoms with E-state index in [0.29, 0.717) is 27.9 Å². The lowest BCUT2D eigenvalue weighted by Crippen LogP contribution is -2.14. The number of methoxy groups -OCH3 is 1. The zero-order valence-corrected chi connectivity index (χ0v) is 16.1. The van der Waals surface area contributed by atoms with Crippen LogP contribution in [0.25, 0.3) is 16.6 Å². The Morgan fingerprint density at radius 2 is 1.87 bits per heavy atom. The number of anilines is 1. The van der Waals surface area contributed by atoms with Gasteiger partial charge in [-0.2, -0.15) is 5.10 Å². The molecule has 0 aliphatic heterocycles. The molecule has 4 rings (SSSR count). The van der Waals surface area contributed by atoms with E-state index in [4.69, 9.17) is 4.74 Å². The molecule has 0 saturated heterocycles. The number of esters is 1. The second-order valence-corrected chi connectivity index (χ2v) is 6.33. The highest BCUT2D eigenvalue weighted by molar-refractivity contribution is 6.09. The Morgan fingerprint density at radius 3 is 2.60 bits per heavy atom. The van der Waals surface area contributed by atoms with Crippen LogP contribution in [0.4, 0.5) is 5.69 Å². The van der Waals surface area contributed by atoms with Crippen LogP contribution >= 0.6 is 0 Å². The molecule has 8 nitrogen and oxygen atoms in total. The summed E-state index contributed by atoms with van der Waals surface area (Å²) in [6, 6.07) is 15.9. The van der Waals surface area contributed by atoms with Crippen LogP contribution in [0.1, 0.15) is 10.4 Å². The van der Waals surface area contributed by atoms with E-state index in [2.05, 4.69) is 20.1 Å². The summed E-state index contributed by atoms with van der Waals surface area (Å²) in [5.41, 5.74) is 2.49. The molecule has 0 unspecified atom stereocenters. The molecule has 0 aliphatic rings. The predicted molar refractivity (Wildman–Crippen MR) is 111 cm³/mol. The number of hydrogen-bond donors (Lipinski definition) is 1. The zero-order chi connectivity index (χ0) is 20.9. The van der Waals surface area contributed by atoms with E-state index in [1.807, 2.05) is 30.5 Å². The fraction of sp³-hybridized carbons (Fsp3) is 0.0909. The Labute approximate surface area is 172 Å². The molecular weight excluding hydrogens is 384 g/mol. The van der Waals surface area contributed by atoms with E-state index in [9.17, 15) is 9.59 Å². The number of ether oxygens (including phenoxy) is 2. The van der Waals surface area contributed by atoms with E-state index in [1.165, 1.54) is 7.11 Å². The van der Waals surface area contributed by atoms with Gasteiger partial charge < -0.3 is 14.8 Å². The van der Waals surface area contributed by atoms with Gasteiger partial charge in [0.25, 0.3) is 5.91 Å². The van der Waals surface area contributed by atoms with Crippen molar-refractivity contribution in [1.82, 2.24) is 14.8 Å². The second kappa shape index (κ2) is 8.44. The zero-order valence-electron chi connectivity index (χ0n) is 16.1. The smallest absolute Gasteiger partial charge is 0.343 e. The maximum Gasteiger partial charge on any atom is 0.343 e. The van der Waals surface area contributed by atoms with Gasteiger partial charge in [0.2, 0.25) is 0 Å². The summed E-state index contributed by atoms with van der Waals surface area (Å²) >= 11 is 0. The molecule has 30 heavy (non-hydrogen) atoms. The molecule has 4 aromatic rings. The van der Waals surface area contributed by atoms with Gasteiger partial charge in [0, 0.05) is 29.5 Å². The van der Waals surface area contributed by atoms with E-state index in [1.54, 1.807) is 47.4 Å². The fourth-order valence-electron chi connectivity index (χ4n) is 2.95. The molecule has 0 fully saturated rings. The Morgan fingerprint density at radius 1 is 1.03 bits per heavy atom. The first-order chi connectivity index (χ1) is 14.7. The molecule has 2 aromatic heterocycles. The van der Waals surface area contributed by atoms with Gasteiger partial charge in [-0.05, 0) is 54.6 Å². The normalized spacial score (nSPS) is 10.6. The Kier molecular flexibility index (Phi) is 5.38. The van der Waals surface area contributed by atoms with E-state index in [-0.39, 0.29) is 12.5 Å². The van der Waals surface area contributed by atoms with Gasteiger partial charge in [0.15, 0.2) is 6.61 Å². The number of pyridine rings is 1. The van der Waals surface area contributed by atoms with Gasteiger partial charge in [-0.15, -0.1) is 0 Å². The SMILES string of the molecule is COC(=O)COc1ccc(NC(=O)c2ccc(-n3cccn3)cc2)c2cccnc12. The first-order valence-corrected chi connectivity index (χ1v) is 9.14. The molecule has 0 radical (unpaired) electrons. The average Bonchev–Trinajstić information content (AvgIpc) is 3.33. The van der Waals surface area contributed by atoms with Gasteiger partial charge in [0.05, 0.1) is 18.5 Å². The molecule has 2 heterocycles. The minimum Gasteiger partial charge on any atom is -0.480 e. The summed E-state index contributed by atoms with van der Waals surface area (Å²) in [5.74, 6) is -0.317. The highest BCUT2D eigenvalue weighted by Gasteiger charge is 2.13. The molecule has 8 heteroatoms. The number of carbonyl (C=O) groups is 2. The lowest BCUT2D eigenvalue weighted by atomic mass is 10.1. The van der Waals surface area contributed by atoms with Crippen LogP contribution in [0.3, 0.4) is 0 Å². The van der Waals surface area contributed by atoms with Crippen molar-refractivity contribution < 1.29 is 19.1 Å². The summed E-state index contributed by atoms with van der Waals surface area (Å²) in [6.45, 7) is -0.226. The number of nitrogens with one attached hydrogen (secondary N) is 1. The van der Waals surface area contributed by atoms with E-state index >= 15 is 0 Å². The lowest BCUT2D eigenvalue weighted by molar-refractivity contribution is -0.142. The summed E-state index contributed by atoms with van der Waals surface area (Å²) < 4.78 is 11.8. The number of rotatable bonds is 6. The van der Waals surface area contributed by atoms with Gasteiger partial charge in [-0.3, -0.25) is 9.78 Å². The molecular formula is C22H18N4O4. The third-order valence-corrected chi connectivity index (χ3v) is 4.45. The Bertz CT molecular complexity index is 1190. The lowest BCUT2D eigenvalue weighted by Gasteiger charge is -2.12. The first-order valence-electron chi connectivity index (χ1n) is 9.14. The minimum absolute atomic E-state index is 0.226. The van der Waals surface area contributed by atoms with Crippen LogP contribution in [0.2, 0.25) is 0 Å². The highest BCUT2D eigenvalue weighted by atomic mass is 16.6. The second-order valence-electron chi connectivity index (χ2n) is 6.33. The molecule has 2 aromatic carbocycles. The van der Waals surface area contributed by atoms with Crippen LogP contribution in [0.5, 0.6) is 5.75 Å². The number of fused-ring (bicyclic) bond motifs is 1. The number of carbonyl (C=O) groups excluding carboxylic acids is 2. The van der Waals surface area contributed by atoms with Crippen LogP contribution in [0.15, 0.2) is 73.2 Å². The number of aromatic nitrogens is 3. The third-order valence-electron chi connectivity index (χ3n) is 4.45. The summed E-state index contributed by atoms with van der Waals surface area (Å²) in [6.07, 6.45) is 5.14. The third kappa shape index (κ3) is 3.97. The van der Waals surface area contributed by atoms with Gasteiger partial charge >= 0.3 is 5.97 Å². The Balaban J connectivity index is 1.56. The van der Waals surface area contributed by atoms with Crippen LogP contribution < -0.4 is 10.1 Å². The topological polar surface area (TPSA) is 95.3 Å². The fourth-order valence-corrected chi connectivity index (χ4v) is 2.95. The maximum absolute atomic E-state index is 12.7. The summed E-state index contributed by atoms with van der Waals surface area (Å²) in [7, 11) is 1.29. The largest absolute Gasteiger partial charge is 0.480 e. The minimum atomic E-state index is -0.491. The molecule has 0 bridgehead atoms. The number of amides is 1. The number of hydrogen-bond acceptors (Lipinski definition) is 6. The van der Waals surface area contributed by atoms with Crippen molar-refractivity contribution >= 4 is 28.5 Å². The molecule has 0 atom stereocenters. The van der Waals surface area contributed by atoms with Crippen LogP contribution in [-0.4, -0.2) is 40.4 Å². The standard InChI is InChI=1S/C22H18N4O4/c1-29-20(27)14-30-19-10-9-18(17-4-2-11-23-21(17)19)25-22(28)15-5-7-16(8-6-15)26-13-3-12-24-26/h2-13H,14H2,1H3,(H,25,28). The van der Waals surface area contributed by atoms with Crippen molar-refractivity contribution in [2.75, 3.05) is 19.0 Å². The number of nitrogens with zero attached hydrogens (tertiary/aromatic N) is 3. The molecule has 0 spiro atoms. The molecule has 0 aliphatic carbocycles. The van der Waals surface area contributed by atoms with E-state index in [0.717, 1.165) is 5.69 Å². The average molecular weight is 402 g/mol. The van der Waals surface area contributed by atoms with Gasteiger partial charge in [-0.1, -0.05) is 0 Å². The predicted octanol–water partition coefficient (Wildman–Crippen LogP) is 3.22. The molecule has 1 amide bonds. The monoisotopic (exact) mass is 402 g/mol. The first kappa shape index (κ1) is 19.1. The highest BCUT2D eigenvalue weighted by Crippen LogP contribution is 2.30. The molecule has 150 valence electrons. The van der Waals surface area contributed by atoms with Crippen molar-refractivity contribution in [1.29, 1.82) is 0 Å². The quantitative estimate of drug-likeness (QED) is 0.498. The van der Waals surface area contributed by atoms with Gasteiger partial charge in [-0.25, -0.2) is 9.48 Å². The molecule has 1 N–H and O–H groups in total. The molecule has 0 saturated carbocycles. The summed E-state index contributed by atoms with van der Waals surface area (Å²) in [5, 5.41) is 7.78. The van der Waals surface area contributed by atoms with Crippen molar-refractivity contribution in [3.63, 3.8) is 0 Å². The van der Waals surface area contributed by atoms with Crippen LogP contribution in [0, 0.1) is 0 Å². The van der Waals surface area contributed by atoms with E-state index < -0.39 is 5.97 Å². The number of benzene rings is 2. The Hall–Kier alpha value is -4.20. The van der Waals surface area contributed by atoms with Crippen molar-refractivity contribution in [2.24, 2.45) is 0 Å². The maximum atomic E-state index is 12.7.